The lowest BCUT2D eigenvalue weighted by atomic mass is 9.95. The van der Waals surface area contributed by atoms with E-state index < -0.39 is 17.3 Å². The average molecular weight is 259 g/mol. The summed E-state index contributed by atoms with van der Waals surface area (Å²) in [5.41, 5.74) is 5.20. The molecule has 0 saturated carbocycles. The van der Waals surface area contributed by atoms with Crippen molar-refractivity contribution in [1.82, 2.24) is 4.98 Å². The van der Waals surface area contributed by atoms with Gasteiger partial charge < -0.3 is 11.1 Å². The number of carbonyl (C=O) groups is 1. The lowest BCUT2D eigenvalue weighted by molar-refractivity contribution is -0.122. The molecule has 1 unspecified atom stereocenters. The van der Waals surface area contributed by atoms with E-state index in [1.165, 1.54) is 12.1 Å². The summed E-state index contributed by atoms with van der Waals surface area (Å²) < 4.78 is 13.2. The number of carbonyl (C=O) groups excluding carboxylic acids is 1. The Kier molecular flexibility index (Phi) is 3.46. The minimum atomic E-state index is -1.20. The standard InChI is InChI=1S/C14H14FN3O/c1-14(13(16)19,12-7-2-3-8-17-12)18-11-6-4-5-10(15)9-11/h2-9,18H,1H3,(H2,16,19). The van der Waals surface area contributed by atoms with E-state index in [0.717, 1.165) is 0 Å². The van der Waals surface area contributed by atoms with Gasteiger partial charge in [-0.05, 0) is 37.3 Å². The molecule has 1 heterocycles. The number of primary amides is 1. The van der Waals surface area contributed by atoms with E-state index in [9.17, 15) is 9.18 Å². The van der Waals surface area contributed by atoms with Crippen molar-refractivity contribution in [1.29, 1.82) is 0 Å². The molecular weight excluding hydrogens is 245 g/mol. The molecule has 98 valence electrons. The molecule has 0 bridgehead atoms. The number of rotatable bonds is 4. The van der Waals surface area contributed by atoms with Crippen molar-refractivity contribution in [3.05, 3.63) is 60.2 Å². The van der Waals surface area contributed by atoms with Gasteiger partial charge in [0.15, 0.2) is 5.54 Å². The lowest BCUT2D eigenvalue weighted by Gasteiger charge is -2.28. The van der Waals surface area contributed by atoms with Crippen molar-refractivity contribution in [3.63, 3.8) is 0 Å². The van der Waals surface area contributed by atoms with Crippen molar-refractivity contribution in [2.45, 2.75) is 12.5 Å². The SMILES string of the molecule is CC(Nc1cccc(F)c1)(C(N)=O)c1ccccn1. The summed E-state index contributed by atoms with van der Waals surface area (Å²) in [6.45, 7) is 1.61. The van der Waals surface area contributed by atoms with Crippen LogP contribution in [0.5, 0.6) is 0 Å². The Labute approximate surface area is 110 Å². The van der Waals surface area contributed by atoms with Crippen LogP contribution in [-0.2, 0) is 10.3 Å². The van der Waals surface area contributed by atoms with Gasteiger partial charge in [-0.1, -0.05) is 12.1 Å². The average Bonchev–Trinajstić information content (AvgIpc) is 2.39. The Balaban J connectivity index is 2.39. The molecule has 0 spiro atoms. The Morgan fingerprint density at radius 2 is 2.11 bits per heavy atom. The number of amides is 1. The van der Waals surface area contributed by atoms with E-state index in [2.05, 4.69) is 10.3 Å². The topological polar surface area (TPSA) is 68.0 Å². The Morgan fingerprint density at radius 1 is 1.32 bits per heavy atom. The molecule has 0 aliphatic heterocycles. The second kappa shape index (κ2) is 5.06. The van der Waals surface area contributed by atoms with Gasteiger partial charge in [-0.15, -0.1) is 0 Å². The summed E-state index contributed by atoms with van der Waals surface area (Å²) in [4.78, 5) is 15.9. The number of aromatic nitrogens is 1. The smallest absolute Gasteiger partial charge is 0.249 e. The highest BCUT2D eigenvalue weighted by Crippen LogP contribution is 2.24. The third-order valence-electron chi connectivity index (χ3n) is 2.89. The molecule has 0 radical (unpaired) electrons. The van der Waals surface area contributed by atoms with Crippen molar-refractivity contribution < 1.29 is 9.18 Å². The molecule has 0 aliphatic rings. The quantitative estimate of drug-likeness (QED) is 0.882. The van der Waals surface area contributed by atoms with Crippen molar-refractivity contribution >= 4 is 11.6 Å². The largest absolute Gasteiger partial charge is 0.367 e. The molecule has 2 aromatic rings. The lowest BCUT2D eigenvalue weighted by Crippen LogP contribution is -2.45. The zero-order valence-corrected chi connectivity index (χ0v) is 10.4. The number of nitrogens with two attached hydrogens (primary N) is 1. The Hall–Kier alpha value is -2.43. The fourth-order valence-corrected chi connectivity index (χ4v) is 1.77. The molecule has 1 atom stereocenters. The summed E-state index contributed by atoms with van der Waals surface area (Å²) in [5.74, 6) is -0.978. The predicted octanol–water partition coefficient (Wildman–Crippen LogP) is 2.03. The molecular formula is C14H14FN3O. The number of nitrogens with zero attached hydrogens (tertiary/aromatic N) is 1. The van der Waals surface area contributed by atoms with Crippen LogP contribution in [0.1, 0.15) is 12.6 Å². The first-order valence-corrected chi connectivity index (χ1v) is 5.77. The molecule has 0 fully saturated rings. The first-order valence-electron chi connectivity index (χ1n) is 5.77. The fourth-order valence-electron chi connectivity index (χ4n) is 1.77. The molecule has 0 aliphatic carbocycles. The van der Waals surface area contributed by atoms with Gasteiger partial charge in [0.2, 0.25) is 5.91 Å². The van der Waals surface area contributed by atoms with E-state index >= 15 is 0 Å². The van der Waals surface area contributed by atoms with Crippen LogP contribution in [0.3, 0.4) is 0 Å². The zero-order chi connectivity index (χ0) is 13.9. The molecule has 3 N–H and O–H groups in total. The second-order valence-electron chi connectivity index (χ2n) is 4.34. The van der Waals surface area contributed by atoms with Gasteiger partial charge in [-0.2, -0.15) is 0 Å². The molecule has 5 heteroatoms. The van der Waals surface area contributed by atoms with Crippen LogP contribution in [0.25, 0.3) is 0 Å². The van der Waals surface area contributed by atoms with Gasteiger partial charge in [-0.3, -0.25) is 9.78 Å². The maximum Gasteiger partial charge on any atom is 0.249 e. The Morgan fingerprint density at radius 3 is 2.68 bits per heavy atom. The van der Waals surface area contributed by atoms with Crippen LogP contribution in [-0.4, -0.2) is 10.9 Å². The van der Waals surface area contributed by atoms with Gasteiger partial charge in [0.05, 0.1) is 5.69 Å². The number of nitrogens with one attached hydrogen (secondary N) is 1. The minimum absolute atomic E-state index is 0.391. The van der Waals surface area contributed by atoms with Crippen molar-refractivity contribution in [2.24, 2.45) is 5.73 Å². The molecule has 1 aromatic heterocycles. The Bertz CT molecular complexity index is 588. The first-order chi connectivity index (χ1) is 9.02. The molecule has 1 amide bonds. The van der Waals surface area contributed by atoms with Crippen LogP contribution in [0.4, 0.5) is 10.1 Å². The molecule has 19 heavy (non-hydrogen) atoms. The number of pyridine rings is 1. The van der Waals surface area contributed by atoms with Crippen LogP contribution < -0.4 is 11.1 Å². The predicted molar refractivity (Wildman–Crippen MR) is 70.8 cm³/mol. The first kappa shape index (κ1) is 13.0. The third-order valence-corrected chi connectivity index (χ3v) is 2.89. The van der Waals surface area contributed by atoms with Gasteiger partial charge in [0.25, 0.3) is 0 Å². The summed E-state index contributed by atoms with van der Waals surface area (Å²) in [7, 11) is 0. The number of benzene rings is 1. The second-order valence-corrected chi connectivity index (χ2v) is 4.34. The van der Waals surface area contributed by atoms with Crippen molar-refractivity contribution in [2.75, 3.05) is 5.32 Å². The maximum absolute atomic E-state index is 13.2. The fraction of sp³-hybridized carbons (Fsp3) is 0.143. The number of anilines is 1. The highest BCUT2D eigenvalue weighted by atomic mass is 19.1. The van der Waals surface area contributed by atoms with E-state index in [4.69, 9.17) is 5.73 Å². The van der Waals surface area contributed by atoms with Gasteiger partial charge in [0.1, 0.15) is 5.82 Å². The molecule has 0 saturated heterocycles. The van der Waals surface area contributed by atoms with E-state index in [1.54, 1.807) is 43.5 Å². The summed E-state index contributed by atoms with van der Waals surface area (Å²) >= 11 is 0. The minimum Gasteiger partial charge on any atom is -0.367 e. The van der Waals surface area contributed by atoms with Crippen LogP contribution >= 0.6 is 0 Å². The van der Waals surface area contributed by atoms with Crippen LogP contribution in [0.2, 0.25) is 0 Å². The highest BCUT2D eigenvalue weighted by Gasteiger charge is 2.34. The van der Waals surface area contributed by atoms with Gasteiger partial charge >= 0.3 is 0 Å². The van der Waals surface area contributed by atoms with Crippen LogP contribution in [0.15, 0.2) is 48.7 Å². The number of halogens is 1. The zero-order valence-electron chi connectivity index (χ0n) is 10.4. The molecule has 1 aromatic carbocycles. The normalized spacial score (nSPS) is 13.6. The molecule has 2 rings (SSSR count). The number of hydrogen-bond donors (Lipinski definition) is 2. The highest BCUT2D eigenvalue weighted by molar-refractivity contribution is 5.88. The van der Waals surface area contributed by atoms with Crippen molar-refractivity contribution in [3.8, 4) is 0 Å². The monoisotopic (exact) mass is 259 g/mol. The van der Waals surface area contributed by atoms with E-state index in [-0.39, 0.29) is 0 Å². The maximum atomic E-state index is 13.2. The van der Waals surface area contributed by atoms with E-state index in [0.29, 0.717) is 11.4 Å². The van der Waals surface area contributed by atoms with Gasteiger partial charge in [-0.25, -0.2) is 4.39 Å². The van der Waals surface area contributed by atoms with Gasteiger partial charge in [0, 0.05) is 11.9 Å². The summed E-state index contributed by atoms with van der Waals surface area (Å²) in [6, 6.07) is 11.0. The van der Waals surface area contributed by atoms with Crippen LogP contribution in [0, 0.1) is 5.82 Å². The van der Waals surface area contributed by atoms with E-state index in [1.807, 2.05) is 0 Å². The molecule has 4 nitrogen and oxygen atoms in total. The summed E-state index contributed by atoms with van der Waals surface area (Å²) in [5, 5.41) is 2.93. The number of hydrogen-bond acceptors (Lipinski definition) is 3. The third kappa shape index (κ3) is 2.70. The summed E-state index contributed by atoms with van der Waals surface area (Å²) in [6.07, 6.45) is 1.57.